The van der Waals surface area contributed by atoms with E-state index in [2.05, 4.69) is 28.1 Å². The number of hydrogen-bond acceptors (Lipinski definition) is 2. The van der Waals surface area contributed by atoms with Crippen LogP contribution in [0.15, 0.2) is 54.6 Å². The number of carbonyl (C=O) groups excluding carboxylic acids is 2. The largest absolute Gasteiger partial charge is 0.351 e. The maximum absolute atomic E-state index is 12.8. The van der Waals surface area contributed by atoms with Crippen molar-refractivity contribution >= 4 is 11.9 Å². The summed E-state index contributed by atoms with van der Waals surface area (Å²) < 4.78 is 12.8. The van der Waals surface area contributed by atoms with Gasteiger partial charge in [0.2, 0.25) is 5.91 Å². The van der Waals surface area contributed by atoms with Crippen LogP contribution in [0.1, 0.15) is 23.5 Å². The molecule has 0 saturated heterocycles. The highest BCUT2D eigenvalue weighted by molar-refractivity contribution is 5.84. The Hall–Kier alpha value is -2.89. The van der Waals surface area contributed by atoms with Crippen molar-refractivity contribution in [3.8, 4) is 0 Å². The van der Waals surface area contributed by atoms with Gasteiger partial charge in [-0.15, -0.1) is 0 Å². The Morgan fingerprint density at radius 3 is 2.44 bits per heavy atom. The zero-order valence-corrected chi connectivity index (χ0v) is 13.7. The number of nitrogens with one attached hydrogen (secondary N) is 3. The van der Waals surface area contributed by atoms with E-state index in [9.17, 15) is 14.0 Å². The van der Waals surface area contributed by atoms with Crippen molar-refractivity contribution in [3.63, 3.8) is 0 Å². The molecule has 1 saturated carbocycles. The summed E-state index contributed by atoms with van der Waals surface area (Å²) in [6, 6.07) is 15.6. The lowest BCUT2D eigenvalue weighted by Gasteiger charge is -2.08. The molecule has 0 radical (unpaired) electrons. The van der Waals surface area contributed by atoms with Crippen molar-refractivity contribution in [2.24, 2.45) is 0 Å². The molecule has 2 aromatic carbocycles. The lowest BCUT2D eigenvalue weighted by Crippen LogP contribution is -2.42. The third-order valence-electron chi connectivity index (χ3n) is 4.14. The van der Waals surface area contributed by atoms with Crippen LogP contribution in [-0.2, 0) is 11.3 Å². The predicted molar refractivity (Wildman–Crippen MR) is 92.4 cm³/mol. The second-order valence-corrected chi connectivity index (χ2v) is 6.09. The van der Waals surface area contributed by atoms with Gasteiger partial charge >= 0.3 is 6.03 Å². The van der Waals surface area contributed by atoms with Gasteiger partial charge in [-0.3, -0.25) is 4.79 Å². The molecule has 2 unspecified atom stereocenters. The monoisotopic (exact) mass is 341 g/mol. The highest BCUT2D eigenvalue weighted by atomic mass is 19.1. The van der Waals surface area contributed by atoms with Crippen molar-refractivity contribution in [1.82, 2.24) is 16.0 Å². The molecule has 1 aliphatic carbocycles. The van der Waals surface area contributed by atoms with Crippen LogP contribution in [-0.4, -0.2) is 24.5 Å². The van der Waals surface area contributed by atoms with Crippen LogP contribution < -0.4 is 16.0 Å². The van der Waals surface area contributed by atoms with Gasteiger partial charge in [0.15, 0.2) is 0 Å². The van der Waals surface area contributed by atoms with E-state index in [1.807, 2.05) is 18.2 Å². The van der Waals surface area contributed by atoms with E-state index in [0.717, 1.165) is 12.0 Å². The Bertz CT molecular complexity index is 734. The van der Waals surface area contributed by atoms with E-state index in [4.69, 9.17) is 0 Å². The zero-order valence-electron chi connectivity index (χ0n) is 13.7. The van der Waals surface area contributed by atoms with Gasteiger partial charge in [0.05, 0.1) is 6.54 Å². The van der Waals surface area contributed by atoms with Crippen molar-refractivity contribution < 1.29 is 14.0 Å². The molecule has 0 aromatic heterocycles. The lowest BCUT2D eigenvalue weighted by molar-refractivity contribution is -0.120. The fourth-order valence-electron chi connectivity index (χ4n) is 2.69. The summed E-state index contributed by atoms with van der Waals surface area (Å²) in [7, 11) is 0. The van der Waals surface area contributed by atoms with Crippen molar-refractivity contribution in [3.05, 3.63) is 71.5 Å². The zero-order chi connectivity index (χ0) is 17.6. The third-order valence-corrected chi connectivity index (χ3v) is 4.14. The highest BCUT2D eigenvalue weighted by Crippen LogP contribution is 2.40. The first-order valence-corrected chi connectivity index (χ1v) is 8.22. The molecule has 3 N–H and O–H groups in total. The summed E-state index contributed by atoms with van der Waals surface area (Å²) in [5.41, 5.74) is 2.00. The smallest absolute Gasteiger partial charge is 0.315 e. The van der Waals surface area contributed by atoms with Gasteiger partial charge in [-0.05, 0) is 29.7 Å². The van der Waals surface area contributed by atoms with Gasteiger partial charge in [0.1, 0.15) is 5.82 Å². The molecule has 3 amide bonds. The Balaban J connectivity index is 1.34. The van der Waals surface area contributed by atoms with E-state index < -0.39 is 6.03 Å². The van der Waals surface area contributed by atoms with Gasteiger partial charge in [-0.25, -0.2) is 9.18 Å². The number of amides is 3. The minimum atomic E-state index is -0.435. The Kier molecular flexibility index (Phi) is 5.28. The fourth-order valence-corrected chi connectivity index (χ4v) is 2.69. The molecule has 25 heavy (non-hydrogen) atoms. The Morgan fingerprint density at radius 2 is 1.72 bits per heavy atom. The van der Waals surface area contributed by atoms with Crippen molar-refractivity contribution in [2.75, 3.05) is 6.54 Å². The number of halogens is 1. The lowest BCUT2D eigenvalue weighted by atomic mass is 10.1. The quantitative estimate of drug-likeness (QED) is 0.754. The summed E-state index contributed by atoms with van der Waals surface area (Å²) in [6.07, 6.45) is 0.923. The minimum absolute atomic E-state index is 0.0761. The van der Waals surface area contributed by atoms with Crippen LogP contribution in [0.4, 0.5) is 9.18 Å². The molecule has 5 nitrogen and oxygen atoms in total. The van der Waals surface area contributed by atoms with Gasteiger partial charge in [-0.2, -0.15) is 0 Å². The van der Waals surface area contributed by atoms with E-state index >= 15 is 0 Å². The second-order valence-electron chi connectivity index (χ2n) is 6.09. The molecule has 2 atom stereocenters. The van der Waals surface area contributed by atoms with Crippen LogP contribution in [0.25, 0.3) is 0 Å². The standard InChI is InChI=1S/C19H20FN3O2/c20-15-8-6-13(7-9-15)11-21-19(25)22-12-18(24)23-17-10-16(17)14-4-2-1-3-5-14/h1-9,16-17H,10-12H2,(H,23,24)(H2,21,22,25). The first-order chi connectivity index (χ1) is 12.1. The second kappa shape index (κ2) is 7.79. The number of rotatable bonds is 6. The van der Waals surface area contributed by atoms with Gasteiger partial charge in [0.25, 0.3) is 0 Å². The highest BCUT2D eigenvalue weighted by Gasteiger charge is 2.39. The molecule has 3 rings (SSSR count). The van der Waals surface area contributed by atoms with E-state index in [-0.39, 0.29) is 30.9 Å². The molecule has 0 bridgehead atoms. The van der Waals surface area contributed by atoms with Gasteiger partial charge < -0.3 is 16.0 Å². The maximum Gasteiger partial charge on any atom is 0.315 e. The van der Waals surface area contributed by atoms with Crippen LogP contribution >= 0.6 is 0 Å². The average Bonchev–Trinajstić information content (AvgIpc) is 3.39. The number of urea groups is 1. The minimum Gasteiger partial charge on any atom is -0.351 e. The summed E-state index contributed by atoms with van der Waals surface area (Å²) in [6.45, 7) is 0.194. The van der Waals surface area contributed by atoms with Crippen LogP contribution in [0.3, 0.4) is 0 Å². The van der Waals surface area contributed by atoms with Crippen molar-refractivity contribution in [2.45, 2.75) is 24.9 Å². The molecule has 1 aliphatic rings. The number of carbonyl (C=O) groups is 2. The van der Waals surface area contributed by atoms with Crippen LogP contribution in [0.2, 0.25) is 0 Å². The summed E-state index contributed by atoms with van der Waals surface area (Å²) in [5.74, 6) is -0.170. The first kappa shape index (κ1) is 17.0. The molecule has 0 spiro atoms. The molecule has 1 fully saturated rings. The number of benzene rings is 2. The van der Waals surface area contributed by atoms with Gasteiger partial charge in [-0.1, -0.05) is 42.5 Å². The SMILES string of the molecule is O=C(CNC(=O)NCc1ccc(F)cc1)NC1CC1c1ccccc1. The Labute approximate surface area is 145 Å². The molecule has 0 aliphatic heterocycles. The van der Waals surface area contributed by atoms with Crippen molar-refractivity contribution in [1.29, 1.82) is 0 Å². The van der Waals surface area contributed by atoms with E-state index in [1.54, 1.807) is 12.1 Å². The molecular weight excluding hydrogens is 321 g/mol. The number of hydrogen-bond donors (Lipinski definition) is 3. The van der Waals surface area contributed by atoms with Crippen LogP contribution in [0, 0.1) is 5.82 Å². The first-order valence-electron chi connectivity index (χ1n) is 8.22. The molecule has 0 heterocycles. The maximum atomic E-state index is 12.8. The molecule has 2 aromatic rings. The van der Waals surface area contributed by atoms with Crippen LogP contribution in [0.5, 0.6) is 0 Å². The summed E-state index contributed by atoms with van der Waals surface area (Å²) in [5, 5.41) is 8.06. The van der Waals surface area contributed by atoms with E-state index in [1.165, 1.54) is 17.7 Å². The normalized spacial score (nSPS) is 18.3. The molecule has 130 valence electrons. The third kappa shape index (κ3) is 5.04. The summed E-state index contributed by atoms with van der Waals surface area (Å²) in [4.78, 5) is 23.6. The summed E-state index contributed by atoms with van der Waals surface area (Å²) >= 11 is 0. The predicted octanol–water partition coefficient (Wildman–Crippen LogP) is 2.30. The van der Waals surface area contributed by atoms with Gasteiger partial charge in [0, 0.05) is 18.5 Å². The Morgan fingerprint density at radius 1 is 1.00 bits per heavy atom. The average molecular weight is 341 g/mol. The molecular formula is C19H20FN3O2. The molecule has 6 heteroatoms. The fraction of sp³-hybridized carbons (Fsp3) is 0.263. The van der Waals surface area contributed by atoms with E-state index in [0.29, 0.717) is 5.92 Å². The topological polar surface area (TPSA) is 70.2 Å².